The summed E-state index contributed by atoms with van der Waals surface area (Å²) in [5.74, 6) is 4.72. The van der Waals surface area contributed by atoms with E-state index in [4.69, 9.17) is 22.5 Å². The number of H-pyrrole nitrogens is 1. The number of nitrogen functional groups attached to an aromatic ring is 2. The zero-order chi connectivity index (χ0) is 40.8. The zero-order valence-corrected chi connectivity index (χ0v) is 33.3. The number of amides is 2. The molecular weight excluding hydrogens is 764 g/mol. The Morgan fingerprint density at radius 1 is 0.695 bits per heavy atom. The van der Waals surface area contributed by atoms with E-state index in [1.54, 1.807) is 46.2 Å². The molecule has 284 valence electrons. The van der Waals surface area contributed by atoms with Crippen LogP contribution in [0.25, 0.3) is 49.0 Å². The van der Waals surface area contributed by atoms with Crippen molar-refractivity contribution in [3.8, 4) is 23.1 Å². The third-order valence-electron chi connectivity index (χ3n) is 9.32. The minimum absolute atomic E-state index is 0. The van der Waals surface area contributed by atoms with Crippen molar-refractivity contribution in [1.29, 1.82) is 0 Å². The number of rotatable bonds is 4. The van der Waals surface area contributed by atoms with Gasteiger partial charge in [-0.25, -0.2) is 19.9 Å². The Morgan fingerprint density at radius 2 is 1.17 bits per heavy atom. The molecule has 0 unspecified atom stereocenters. The molecule has 4 aromatic carbocycles. The summed E-state index contributed by atoms with van der Waals surface area (Å²) < 4.78 is 0. The fraction of sp³-hybridized carbons (Fsp3) is 0.100. The van der Waals surface area contributed by atoms with Crippen LogP contribution in [0.3, 0.4) is 0 Å². The second kappa shape index (κ2) is 18.1. The van der Waals surface area contributed by atoms with Gasteiger partial charge < -0.3 is 32.3 Å². The Hall–Kier alpha value is -7.55. The van der Waals surface area contributed by atoms with Gasteiger partial charge in [0.1, 0.15) is 17.1 Å². The molecule has 0 spiro atoms. The Bertz CT molecular complexity index is 2830. The average Bonchev–Trinajstić information content (AvgIpc) is 4.01. The summed E-state index contributed by atoms with van der Waals surface area (Å²) >= 11 is 0. The van der Waals surface area contributed by atoms with E-state index in [-0.39, 0.29) is 70.4 Å². The number of fused-ring (bicyclic) bond motifs is 4. The monoisotopic (exact) mass is 792 g/mol. The van der Waals surface area contributed by atoms with Gasteiger partial charge in [0.15, 0.2) is 18.3 Å². The van der Waals surface area contributed by atoms with Gasteiger partial charge in [0, 0.05) is 48.1 Å². The van der Waals surface area contributed by atoms with Crippen molar-refractivity contribution in [1.82, 2.24) is 45.1 Å². The number of anilines is 2. The molecule has 18 nitrogen and oxygen atoms in total. The predicted molar refractivity (Wildman–Crippen MR) is 212 cm³/mol. The maximum Gasteiger partial charge on any atom is 1.00 e. The van der Waals surface area contributed by atoms with E-state index in [1.807, 2.05) is 48.5 Å². The molecule has 0 atom stereocenters. The Morgan fingerprint density at radius 3 is 1.64 bits per heavy atom. The van der Waals surface area contributed by atoms with Gasteiger partial charge in [-0.05, 0) is 58.5 Å². The van der Waals surface area contributed by atoms with Crippen molar-refractivity contribution in [2.75, 3.05) is 11.5 Å². The summed E-state index contributed by atoms with van der Waals surface area (Å²) in [4.78, 5) is 69.9. The van der Waals surface area contributed by atoms with Crippen molar-refractivity contribution in [3.63, 3.8) is 0 Å². The SMILES string of the molecule is Nc1nc(C(=O)N2Cc3ccccc3C2)c2cc(-c3n[nH]nc3C=O)ccc2n1.Nc1nc(C(=O)N2Cc3ccccc3C2)c2cc(C#CC=O)ccc2n1.[N-]=[N+]=[N-].[Na+]. The molecule has 0 aliphatic carbocycles. The van der Waals surface area contributed by atoms with Crippen LogP contribution in [0, 0.1) is 11.8 Å². The molecule has 0 radical (unpaired) electrons. The molecule has 0 bridgehead atoms. The van der Waals surface area contributed by atoms with Gasteiger partial charge in [0.2, 0.25) is 11.9 Å². The topological polar surface area (TPSA) is 279 Å². The first-order valence-corrected chi connectivity index (χ1v) is 17.4. The van der Waals surface area contributed by atoms with E-state index in [1.165, 1.54) is 4.91 Å². The molecule has 9 rings (SSSR count). The van der Waals surface area contributed by atoms with Crippen LogP contribution in [0.2, 0.25) is 0 Å². The largest absolute Gasteiger partial charge is 1.00 e. The average molecular weight is 793 g/mol. The molecule has 7 aromatic rings. The van der Waals surface area contributed by atoms with Gasteiger partial charge in [-0.3, -0.25) is 24.1 Å². The first kappa shape index (κ1) is 41.1. The van der Waals surface area contributed by atoms with Crippen LogP contribution in [-0.2, 0) is 31.0 Å². The number of benzene rings is 4. The molecule has 5 N–H and O–H groups in total. The minimum Gasteiger partial charge on any atom is -0.373 e. The number of nitrogens with one attached hydrogen (secondary N) is 1. The van der Waals surface area contributed by atoms with Gasteiger partial charge in [-0.15, -0.1) is 0 Å². The number of aldehydes is 2. The second-order valence-corrected chi connectivity index (χ2v) is 12.8. The normalized spacial score (nSPS) is 11.9. The first-order valence-electron chi connectivity index (χ1n) is 17.4. The molecule has 0 saturated carbocycles. The van der Waals surface area contributed by atoms with Crippen LogP contribution < -0.4 is 41.0 Å². The van der Waals surface area contributed by atoms with E-state index < -0.39 is 0 Å². The molecular formula is C40H29N14NaO4. The number of nitrogens with two attached hydrogens (primary N) is 2. The smallest absolute Gasteiger partial charge is 0.373 e. The van der Waals surface area contributed by atoms with Crippen LogP contribution in [0.4, 0.5) is 11.9 Å². The number of aromatic nitrogens is 7. The molecule has 59 heavy (non-hydrogen) atoms. The van der Waals surface area contributed by atoms with Crippen molar-refractivity contribution >= 4 is 58.1 Å². The van der Waals surface area contributed by atoms with Crippen molar-refractivity contribution in [2.24, 2.45) is 0 Å². The van der Waals surface area contributed by atoms with Crippen LogP contribution in [-0.4, -0.2) is 69.5 Å². The Kier molecular flexibility index (Phi) is 12.6. The number of carbonyl (C=O) groups excluding carboxylic acids is 4. The summed E-state index contributed by atoms with van der Waals surface area (Å²) in [5.41, 5.74) is 33.0. The van der Waals surface area contributed by atoms with Gasteiger partial charge in [0.25, 0.3) is 11.8 Å². The molecule has 3 aromatic heterocycles. The number of carbonyl (C=O) groups is 4. The Balaban J connectivity index is 0.000000184. The quantitative estimate of drug-likeness (QED) is 0.0574. The van der Waals surface area contributed by atoms with E-state index >= 15 is 0 Å². The fourth-order valence-electron chi connectivity index (χ4n) is 6.74. The van der Waals surface area contributed by atoms with Crippen LogP contribution in [0.5, 0.6) is 0 Å². The summed E-state index contributed by atoms with van der Waals surface area (Å²) in [7, 11) is 0. The summed E-state index contributed by atoms with van der Waals surface area (Å²) in [5, 5.41) is 11.4. The van der Waals surface area contributed by atoms with Crippen molar-refractivity contribution < 1.29 is 48.7 Å². The van der Waals surface area contributed by atoms with E-state index in [9.17, 15) is 19.2 Å². The van der Waals surface area contributed by atoms with Crippen LogP contribution in [0.15, 0.2) is 84.9 Å². The van der Waals surface area contributed by atoms with Gasteiger partial charge in [0.05, 0.1) is 11.0 Å². The molecule has 5 heterocycles. The second-order valence-electron chi connectivity index (χ2n) is 12.8. The summed E-state index contributed by atoms with van der Waals surface area (Å²) in [6, 6.07) is 26.3. The summed E-state index contributed by atoms with van der Waals surface area (Å²) in [6.07, 6.45) is 1.15. The van der Waals surface area contributed by atoms with Gasteiger partial charge >= 0.3 is 29.6 Å². The molecule has 2 aliphatic rings. The maximum absolute atomic E-state index is 13.3. The van der Waals surface area contributed by atoms with Gasteiger partial charge in [-0.1, -0.05) is 60.5 Å². The standard InChI is InChI=1S/C20H15N7O2.C20H14N4O2.N3.Na/c21-20-22-15-6-5-11(17-16(10-28)24-26-25-17)7-14(15)18(23-20)19(29)27-8-12-3-1-2-4-13(12)9-27;21-20-22-17-8-7-13(4-3-9-25)10-16(17)18(23-20)19(26)24-11-14-5-1-2-6-15(14)12-24;1-3-2;/h1-7,10H,8-9H2,(H2,21,22,23)(H,24,25,26);1-2,5-10H,11-12H2,(H2,21,22,23);;/q;;-1;+1. The van der Waals surface area contributed by atoms with Crippen LogP contribution in [0.1, 0.15) is 59.3 Å². The maximum atomic E-state index is 13.3. The van der Waals surface area contributed by atoms with E-state index in [0.717, 1.165) is 22.3 Å². The molecule has 0 saturated heterocycles. The molecule has 2 amide bonds. The minimum atomic E-state index is -0.229. The Labute approximate surface area is 356 Å². The summed E-state index contributed by atoms with van der Waals surface area (Å²) in [6.45, 7) is 2.09. The van der Waals surface area contributed by atoms with Crippen molar-refractivity contribution in [2.45, 2.75) is 26.2 Å². The molecule has 19 heteroatoms. The number of nitrogens with zero attached hydrogens (tertiary/aromatic N) is 11. The zero-order valence-electron chi connectivity index (χ0n) is 31.3. The molecule has 0 fully saturated rings. The number of hydrogen-bond acceptors (Lipinski definition) is 12. The molecule has 2 aliphatic heterocycles. The first-order chi connectivity index (χ1) is 28.2. The third kappa shape index (κ3) is 8.73. The van der Waals surface area contributed by atoms with Crippen LogP contribution >= 0.6 is 0 Å². The number of aromatic amines is 1. The number of hydrogen-bond donors (Lipinski definition) is 3. The van der Waals surface area contributed by atoms with E-state index in [0.29, 0.717) is 77.4 Å². The van der Waals surface area contributed by atoms with E-state index in [2.05, 4.69) is 47.2 Å². The predicted octanol–water partition coefficient (Wildman–Crippen LogP) is 1.75. The van der Waals surface area contributed by atoms with Gasteiger partial charge in [-0.2, -0.15) is 15.4 Å². The van der Waals surface area contributed by atoms with Crippen molar-refractivity contribution in [3.05, 3.63) is 146 Å². The fourth-order valence-corrected chi connectivity index (χ4v) is 6.74. The third-order valence-corrected chi connectivity index (χ3v) is 9.32.